The molecule has 2 aromatic carbocycles. The fourth-order valence-corrected chi connectivity index (χ4v) is 3.16. The molecule has 0 heterocycles. The SMILES string of the molecule is COc1ccc(C(Br)c2ccc(I)cc2)c(OC)c1OC. The van der Waals surface area contributed by atoms with Crippen LogP contribution < -0.4 is 14.2 Å². The Balaban J connectivity index is 2.50. The molecule has 0 bridgehead atoms. The van der Waals surface area contributed by atoms with Crippen molar-refractivity contribution in [2.75, 3.05) is 21.3 Å². The van der Waals surface area contributed by atoms with Crippen molar-refractivity contribution in [3.63, 3.8) is 0 Å². The van der Waals surface area contributed by atoms with E-state index in [2.05, 4.69) is 62.8 Å². The lowest BCUT2D eigenvalue weighted by Gasteiger charge is -2.19. The Kier molecular flexibility index (Phi) is 5.75. The zero-order chi connectivity index (χ0) is 15.4. The lowest BCUT2D eigenvalue weighted by Crippen LogP contribution is -2.01. The van der Waals surface area contributed by atoms with Crippen LogP contribution in [0.1, 0.15) is 16.0 Å². The van der Waals surface area contributed by atoms with E-state index in [1.807, 2.05) is 12.1 Å². The lowest BCUT2D eigenvalue weighted by atomic mass is 10.0. The van der Waals surface area contributed by atoms with Crippen LogP contribution in [0.15, 0.2) is 36.4 Å². The molecule has 3 nitrogen and oxygen atoms in total. The Hall–Kier alpha value is -0.950. The fourth-order valence-electron chi connectivity index (χ4n) is 2.14. The number of hydrogen-bond acceptors (Lipinski definition) is 3. The third kappa shape index (κ3) is 3.45. The molecule has 0 radical (unpaired) electrons. The quantitative estimate of drug-likeness (QED) is 0.471. The number of rotatable bonds is 5. The van der Waals surface area contributed by atoms with Crippen LogP contribution in [-0.2, 0) is 0 Å². The van der Waals surface area contributed by atoms with Crippen molar-refractivity contribution >= 4 is 38.5 Å². The van der Waals surface area contributed by atoms with Gasteiger partial charge in [-0.05, 0) is 52.4 Å². The van der Waals surface area contributed by atoms with Crippen molar-refractivity contribution in [3.05, 3.63) is 51.1 Å². The first-order valence-electron chi connectivity index (χ1n) is 6.30. The van der Waals surface area contributed by atoms with Crippen LogP contribution in [0, 0.1) is 3.57 Å². The van der Waals surface area contributed by atoms with Gasteiger partial charge in [-0.25, -0.2) is 0 Å². The van der Waals surface area contributed by atoms with Gasteiger partial charge in [0.2, 0.25) is 5.75 Å². The highest BCUT2D eigenvalue weighted by Crippen LogP contribution is 2.45. The minimum absolute atomic E-state index is 0.0178. The first-order valence-corrected chi connectivity index (χ1v) is 8.30. The summed E-state index contributed by atoms with van der Waals surface area (Å²) in [6.07, 6.45) is 0. The minimum Gasteiger partial charge on any atom is -0.493 e. The molecule has 112 valence electrons. The van der Waals surface area contributed by atoms with Crippen molar-refractivity contribution in [1.29, 1.82) is 0 Å². The number of ether oxygens (including phenoxy) is 3. The molecular weight excluding hydrogens is 447 g/mol. The second-order valence-electron chi connectivity index (χ2n) is 4.34. The minimum atomic E-state index is 0.0178. The van der Waals surface area contributed by atoms with Crippen molar-refractivity contribution in [2.24, 2.45) is 0 Å². The van der Waals surface area contributed by atoms with Gasteiger partial charge in [-0.15, -0.1) is 0 Å². The predicted molar refractivity (Wildman–Crippen MR) is 96.0 cm³/mol. The van der Waals surface area contributed by atoms with Crippen LogP contribution >= 0.6 is 38.5 Å². The molecule has 0 amide bonds. The third-order valence-electron chi connectivity index (χ3n) is 3.17. The van der Waals surface area contributed by atoms with Crippen molar-refractivity contribution in [1.82, 2.24) is 0 Å². The molecule has 0 N–H and O–H groups in total. The maximum atomic E-state index is 5.54. The first kappa shape index (κ1) is 16.4. The average Bonchev–Trinajstić information content (AvgIpc) is 2.53. The maximum absolute atomic E-state index is 5.54. The topological polar surface area (TPSA) is 27.7 Å². The van der Waals surface area contributed by atoms with Gasteiger partial charge in [0.1, 0.15) is 0 Å². The van der Waals surface area contributed by atoms with Crippen molar-refractivity contribution in [3.8, 4) is 17.2 Å². The van der Waals surface area contributed by atoms with E-state index >= 15 is 0 Å². The summed E-state index contributed by atoms with van der Waals surface area (Å²) in [7, 11) is 4.86. The summed E-state index contributed by atoms with van der Waals surface area (Å²) in [4.78, 5) is 0.0178. The predicted octanol–water partition coefficient (Wildman–Crippen LogP) is 4.80. The van der Waals surface area contributed by atoms with Gasteiger partial charge in [0.05, 0.1) is 26.2 Å². The fraction of sp³-hybridized carbons (Fsp3) is 0.250. The molecule has 0 aromatic heterocycles. The molecule has 0 saturated carbocycles. The average molecular weight is 463 g/mol. The molecule has 0 spiro atoms. The van der Waals surface area contributed by atoms with Crippen LogP contribution in [-0.4, -0.2) is 21.3 Å². The molecule has 2 rings (SSSR count). The highest BCUT2D eigenvalue weighted by Gasteiger charge is 2.21. The highest BCUT2D eigenvalue weighted by atomic mass is 127. The van der Waals surface area contributed by atoms with Crippen LogP contribution in [0.25, 0.3) is 0 Å². The maximum Gasteiger partial charge on any atom is 0.203 e. The molecule has 1 unspecified atom stereocenters. The summed E-state index contributed by atoms with van der Waals surface area (Å²) in [6.45, 7) is 0. The summed E-state index contributed by atoms with van der Waals surface area (Å²) >= 11 is 6.03. The van der Waals surface area contributed by atoms with Gasteiger partial charge in [0, 0.05) is 9.13 Å². The number of halogens is 2. The highest BCUT2D eigenvalue weighted by molar-refractivity contribution is 14.1. The molecule has 5 heteroatoms. The van der Waals surface area contributed by atoms with E-state index in [1.54, 1.807) is 21.3 Å². The van der Waals surface area contributed by atoms with Crippen LogP contribution in [0.4, 0.5) is 0 Å². The second kappa shape index (κ2) is 7.35. The van der Waals surface area contributed by atoms with E-state index in [4.69, 9.17) is 14.2 Å². The Morgan fingerprint density at radius 2 is 1.48 bits per heavy atom. The molecule has 0 aliphatic carbocycles. The van der Waals surface area contributed by atoms with E-state index in [-0.39, 0.29) is 4.83 Å². The molecule has 21 heavy (non-hydrogen) atoms. The zero-order valence-electron chi connectivity index (χ0n) is 12.0. The van der Waals surface area contributed by atoms with Crippen molar-refractivity contribution in [2.45, 2.75) is 4.83 Å². The smallest absolute Gasteiger partial charge is 0.203 e. The van der Waals surface area contributed by atoms with E-state index in [9.17, 15) is 0 Å². The summed E-state index contributed by atoms with van der Waals surface area (Å²) in [5.41, 5.74) is 2.15. The molecule has 0 aliphatic heterocycles. The summed E-state index contributed by atoms with van der Waals surface area (Å²) in [6, 6.07) is 12.2. The van der Waals surface area contributed by atoms with Gasteiger partial charge in [-0.2, -0.15) is 0 Å². The standard InChI is InChI=1S/C16H16BrIO3/c1-19-13-9-8-12(15(20-2)16(13)21-3)14(17)10-4-6-11(18)7-5-10/h4-9,14H,1-3H3. The number of hydrogen-bond donors (Lipinski definition) is 0. The van der Waals surface area contributed by atoms with Crippen molar-refractivity contribution < 1.29 is 14.2 Å². The molecule has 0 saturated heterocycles. The van der Waals surface area contributed by atoms with Gasteiger partial charge >= 0.3 is 0 Å². The molecule has 0 aliphatic rings. The van der Waals surface area contributed by atoms with Gasteiger partial charge < -0.3 is 14.2 Å². The summed E-state index contributed by atoms with van der Waals surface area (Å²) in [5, 5.41) is 0. The Labute approximate surface area is 146 Å². The summed E-state index contributed by atoms with van der Waals surface area (Å²) < 4.78 is 17.5. The molecular formula is C16H16BrIO3. The van der Waals surface area contributed by atoms with E-state index in [1.165, 1.54) is 3.57 Å². The van der Waals surface area contributed by atoms with Gasteiger partial charge in [-0.1, -0.05) is 28.1 Å². The third-order valence-corrected chi connectivity index (χ3v) is 4.91. The number of alkyl halides is 1. The summed E-state index contributed by atoms with van der Waals surface area (Å²) in [5.74, 6) is 1.94. The van der Waals surface area contributed by atoms with Gasteiger partial charge in [0.15, 0.2) is 11.5 Å². The number of benzene rings is 2. The zero-order valence-corrected chi connectivity index (χ0v) is 15.8. The van der Waals surface area contributed by atoms with Crippen LogP contribution in [0.2, 0.25) is 0 Å². The Morgan fingerprint density at radius 1 is 0.857 bits per heavy atom. The lowest BCUT2D eigenvalue weighted by molar-refractivity contribution is 0.322. The molecule has 1 atom stereocenters. The van der Waals surface area contributed by atoms with E-state index in [0.717, 1.165) is 11.1 Å². The molecule has 2 aromatic rings. The van der Waals surface area contributed by atoms with Crippen LogP contribution in [0.3, 0.4) is 0 Å². The second-order valence-corrected chi connectivity index (χ2v) is 6.50. The molecule has 0 fully saturated rings. The monoisotopic (exact) mass is 462 g/mol. The first-order chi connectivity index (χ1) is 10.1. The van der Waals surface area contributed by atoms with Crippen LogP contribution in [0.5, 0.6) is 17.2 Å². The van der Waals surface area contributed by atoms with Gasteiger partial charge in [-0.3, -0.25) is 0 Å². The normalized spacial score (nSPS) is 11.9. The van der Waals surface area contributed by atoms with E-state index < -0.39 is 0 Å². The Bertz CT molecular complexity index is 614. The number of methoxy groups -OCH3 is 3. The Morgan fingerprint density at radius 3 is 2.00 bits per heavy atom. The van der Waals surface area contributed by atoms with Gasteiger partial charge in [0.25, 0.3) is 0 Å². The largest absolute Gasteiger partial charge is 0.493 e. The van der Waals surface area contributed by atoms with E-state index in [0.29, 0.717) is 17.2 Å².